The Morgan fingerprint density at radius 3 is 1.78 bits per heavy atom. The zero-order valence-corrected chi connectivity index (χ0v) is 20.8. The van der Waals surface area contributed by atoms with E-state index in [0.717, 1.165) is 25.2 Å². The molecule has 0 heterocycles. The number of ether oxygens (including phenoxy) is 2. The molecule has 0 bridgehead atoms. The van der Waals surface area contributed by atoms with Crippen molar-refractivity contribution in [1.82, 2.24) is 4.90 Å². The van der Waals surface area contributed by atoms with Crippen LogP contribution in [-0.4, -0.2) is 74.0 Å². The third-order valence-corrected chi connectivity index (χ3v) is 5.74. The van der Waals surface area contributed by atoms with Crippen molar-refractivity contribution in [3.05, 3.63) is 41.5 Å². The van der Waals surface area contributed by atoms with Gasteiger partial charge in [-0.3, -0.25) is 9.59 Å². The van der Waals surface area contributed by atoms with E-state index in [-0.39, 0.29) is 6.61 Å². The van der Waals surface area contributed by atoms with Gasteiger partial charge in [-0.25, -0.2) is 0 Å². The molecule has 2 aromatic carbocycles. The lowest BCUT2D eigenvalue weighted by atomic mass is 9.87. The third-order valence-electron chi connectivity index (χ3n) is 5.74. The highest BCUT2D eigenvalue weighted by atomic mass is 19.4. The monoisotopic (exact) mass is 619 g/mol. The molecule has 0 radical (unpaired) electrons. The molecule has 230 valence electrons. The van der Waals surface area contributed by atoms with Gasteiger partial charge in [-0.15, -0.1) is 0 Å². The minimum absolute atomic E-state index is 0.0971. The number of methoxy groups -OCH3 is 1. The molecule has 0 aliphatic carbocycles. The fourth-order valence-corrected chi connectivity index (χ4v) is 3.62. The van der Waals surface area contributed by atoms with Gasteiger partial charge in [-0.05, 0) is 35.9 Å². The van der Waals surface area contributed by atoms with Crippen molar-refractivity contribution in [2.45, 2.75) is 42.7 Å². The van der Waals surface area contributed by atoms with Crippen LogP contribution < -0.4 is 4.74 Å². The van der Waals surface area contributed by atoms with E-state index >= 15 is 8.78 Å². The van der Waals surface area contributed by atoms with Gasteiger partial charge in [0.1, 0.15) is 12.3 Å². The Balaban J connectivity index is 2.82. The number of nitrogens with zero attached hydrogens (tertiary/aromatic N) is 1. The van der Waals surface area contributed by atoms with Crippen LogP contribution >= 0.6 is 0 Å². The number of fused-ring (bicyclic) bond motifs is 1. The van der Waals surface area contributed by atoms with Crippen LogP contribution in [0.5, 0.6) is 5.75 Å². The summed E-state index contributed by atoms with van der Waals surface area (Å²) in [5.41, 5.74) is -2.96. The van der Waals surface area contributed by atoms with Crippen LogP contribution in [0.15, 0.2) is 30.3 Å². The van der Waals surface area contributed by atoms with Gasteiger partial charge in [0.2, 0.25) is 0 Å². The Hall–Kier alpha value is -3.47. The number of amides is 1. The average Bonchev–Trinajstić information content (AvgIpc) is 2.85. The first-order valence-corrected chi connectivity index (χ1v) is 10.9. The van der Waals surface area contributed by atoms with Crippen LogP contribution in [0.4, 0.5) is 57.1 Å². The van der Waals surface area contributed by atoms with Crippen LogP contribution in [0.1, 0.15) is 22.8 Å². The van der Waals surface area contributed by atoms with Gasteiger partial charge in [0.15, 0.2) is 0 Å². The summed E-state index contributed by atoms with van der Waals surface area (Å²) in [7, 11) is 1.56. The predicted octanol–water partition coefficient (Wildman–Crippen LogP) is 6.68. The molecule has 0 aliphatic rings. The molecule has 0 spiro atoms. The molecule has 18 heteroatoms. The highest BCUT2D eigenvalue weighted by Gasteiger charge is 2.91. The Morgan fingerprint density at radius 2 is 1.29 bits per heavy atom. The topological polar surface area (TPSA) is 55.8 Å². The minimum atomic E-state index is -8.08. The van der Waals surface area contributed by atoms with Gasteiger partial charge >= 0.3 is 41.8 Å². The first-order chi connectivity index (χ1) is 18.5. The zero-order chi connectivity index (χ0) is 32.0. The van der Waals surface area contributed by atoms with Crippen molar-refractivity contribution in [2.75, 3.05) is 27.3 Å². The Labute approximate surface area is 221 Å². The molecular formula is C23H18F13NO4. The summed E-state index contributed by atoms with van der Waals surface area (Å²) >= 11 is 0. The normalized spacial score (nSPS) is 13.8. The first kappa shape index (κ1) is 33.7. The van der Waals surface area contributed by atoms with Crippen molar-refractivity contribution < 1.29 is 76.1 Å². The lowest BCUT2D eigenvalue weighted by Gasteiger charge is -2.40. The maximum absolute atomic E-state index is 15.2. The molecule has 0 saturated carbocycles. The van der Waals surface area contributed by atoms with Crippen molar-refractivity contribution in [3.8, 4) is 5.75 Å². The molecule has 41 heavy (non-hydrogen) atoms. The van der Waals surface area contributed by atoms with Crippen molar-refractivity contribution in [1.29, 1.82) is 0 Å². The highest BCUT2D eigenvalue weighted by molar-refractivity contribution is 6.08. The first-order valence-electron chi connectivity index (χ1n) is 10.9. The number of rotatable bonds is 10. The highest BCUT2D eigenvalue weighted by Crippen LogP contribution is 2.63. The lowest BCUT2D eigenvalue weighted by Crippen LogP contribution is -2.69. The molecule has 0 fully saturated rings. The molecule has 0 unspecified atom stereocenters. The second-order valence-corrected chi connectivity index (χ2v) is 8.38. The number of hydrogen-bond acceptors (Lipinski definition) is 4. The fourth-order valence-electron chi connectivity index (χ4n) is 3.62. The third kappa shape index (κ3) is 5.20. The lowest BCUT2D eigenvalue weighted by molar-refractivity contribution is -0.441. The van der Waals surface area contributed by atoms with Gasteiger partial charge in [-0.1, -0.05) is 12.1 Å². The molecule has 0 aromatic heterocycles. The van der Waals surface area contributed by atoms with Crippen LogP contribution in [-0.2, 0) is 15.5 Å². The molecule has 0 aliphatic heterocycles. The van der Waals surface area contributed by atoms with Crippen LogP contribution in [0.25, 0.3) is 10.8 Å². The number of carbonyl (C=O) groups is 2. The summed E-state index contributed by atoms with van der Waals surface area (Å²) in [4.78, 5) is 25.2. The van der Waals surface area contributed by atoms with E-state index in [2.05, 4.69) is 9.47 Å². The molecule has 2 aromatic rings. The number of alkyl halides is 13. The Kier molecular flexibility index (Phi) is 8.84. The number of carbonyl (C=O) groups excluding carboxylic acids is 2. The number of halogens is 13. The van der Waals surface area contributed by atoms with Crippen LogP contribution in [0.3, 0.4) is 0 Å². The van der Waals surface area contributed by atoms with Gasteiger partial charge < -0.3 is 14.4 Å². The standard InChI is InChI=1S/C23H18F13NO4/c1-4-41-15(38)10-37(2)17(39)13-7-5-6-12-11(13)8-9-14(40-3)16(12)18(24,25)19(26,27)20(28,29)21(30,31)22(32,33)23(34,35)36/h5-9H,4,10H2,1-3H3. The van der Waals surface area contributed by atoms with E-state index in [1.807, 2.05) is 0 Å². The molecule has 0 saturated heterocycles. The second kappa shape index (κ2) is 10.7. The van der Waals surface area contributed by atoms with E-state index in [4.69, 9.17) is 0 Å². The van der Waals surface area contributed by atoms with Gasteiger partial charge in [0.25, 0.3) is 5.91 Å². The molecular weight excluding hydrogens is 601 g/mol. The summed E-state index contributed by atoms with van der Waals surface area (Å²) in [5, 5.41) is -1.96. The summed E-state index contributed by atoms with van der Waals surface area (Å²) in [5.74, 6) is -41.7. The van der Waals surface area contributed by atoms with Gasteiger partial charge in [0.05, 0.1) is 19.3 Å². The molecule has 5 nitrogen and oxygen atoms in total. The smallest absolute Gasteiger partial charge is 0.460 e. The molecule has 0 N–H and O–H groups in total. The van der Waals surface area contributed by atoms with E-state index < -0.39 is 81.9 Å². The van der Waals surface area contributed by atoms with Crippen LogP contribution in [0.2, 0.25) is 0 Å². The van der Waals surface area contributed by atoms with E-state index in [0.29, 0.717) is 24.1 Å². The zero-order valence-electron chi connectivity index (χ0n) is 20.8. The minimum Gasteiger partial charge on any atom is -0.496 e. The molecule has 2 rings (SSSR count). The largest absolute Gasteiger partial charge is 0.496 e. The van der Waals surface area contributed by atoms with Crippen molar-refractivity contribution in [2.24, 2.45) is 0 Å². The number of esters is 1. The van der Waals surface area contributed by atoms with Crippen molar-refractivity contribution >= 4 is 22.6 Å². The van der Waals surface area contributed by atoms with Crippen LogP contribution in [0, 0.1) is 0 Å². The maximum Gasteiger partial charge on any atom is 0.460 e. The second-order valence-electron chi connectivity index (χ2n) is 8.38. The number of benzene rings is 2. The van der Waals surface area contributed by atoms with E-state index in [1.165, 1.54) is 6.92 Å². The summed E-state index contributed by atoms with van der Waals surface area (Å²) in [6.07, 6.45) is -7.55. The predicted molar refractivity (Wildman–Crippen MR) is 114 cm³/mol. The number of likely N-dealkylation sites (N-methyl/N-ethyl adjacent to an activating group) is 1. The summed E-state index contributed by atoms with van der Waals surface area (Å²) in [6, 6.07) is 3.35. The van der Waals surface area contributed by atoms with E-state index in [1.54, 1.807) is 0 Å². The molecule has 0 atom stereocenters. The van der Waals surface area contributed by atoms with Gasteiger partial charge in [0, 0.05) is 12.6 Å². The average molecular weight is 619 g/mol. The van der Waals surface area contributed by atoms with E-state index in [9.17, 15) is 57.9 Å². The molecule has 1 amide bonds. The fraction of sp³-hybridized carbons (Fsp3) is 0.478. The Morgan fingerprint density at radius 1 is 0.756 bits per heavy atom. The van der Waals surface area contributed by atoms with Crippen molar-refractivity contribution in [3.63, 3.8) is 0 Å². The maximum atomic E-state index is 15.2. The van der Waals surface area contributed by atoms with Gasteiger partial charge in [-0.2, -0.15) is 57.1 Å². The Bertz CT molecular complexity index is 1310. The number of hydrogen-bond donors (Lipinski definition) is 0. The SMILES string of the molecule is CCOC(=O)CN(C)C(=O)c1cccc2c(C(F)(F)C(F)(F)C(F)(F)C(F)(F)C(F)(F)C(F)(F)F)c(OC)ccc12. The summed E-state index contributed by atoms with van der Waals surface area (Å²) in [6.45, 7) is 0.619. The summed E-state index contributed by atoms with van der Waals surface area (Å²) < 4.78 is 189. The quantitative estimate of drug-likeness (QED) is 0.220.